The van der Waals surface area contributed by atoms with E-state index in [9.17, 15) is 5.26 Å². The molecule has 0 aromatic heterocycles. The van der Waals surface area contributed by atoms with Gasteiger partial charge in [0.2, 0.25) is 0 Å². The molecular formula is C17H23N3. The number of hydrogen-bond donors (Lipinski definition) is 0. The van der Waals surface area contributed by atoms with Gasteiger partial charge < -0.3 is 0 Å². The number of piperazine rings is 1. The summed E-state index contributed by atoms with van der Waals surface area (Å²) in [5.74, 6) is 0. The molecule has 1 aromatic carbocycles. The zero-order chi connectivity index (χ0) is 13.8. The summed E-state index contributed by atoms with van der Waals surface area (Å²) in [6.45, 7) is 4.66. The minimum absolute atomic E-state index is 0.269. The maximum Gasteiger partial charge on any atom is 0.0641 e. The first-order valence-corrected chi connectivity index (χ1v) is 7.78. The lowest BCUT2D eigenvalue weighted by Crippen LogP contribution is -2.55. The van der Waals surface area contributed by atoms with E-state index in [0.29, 0.717) is 12.5 Å². The van der Waals surface area contributed by atoms with Crippen LogP contribution < -0.4 is 0 Å². The van der Waals surface area contributed by atoms with Crippen LogP contribution in [-0.4, -0.2) is 42.0 Å². The first kappa shape index (κ1) is 13.6. The molecule has 3 rings (SSSR count). The van der Waals surface area contributed by atoms with Gasteiger partial charge >= 0.3 is 0 Å². The van der Waals surface area contributed by atoms with Crippen molar-refractivity contribution in [2.75, 3.05) is 26.2 Å². The van der Waals surface area contributed by atoms with E-state index in [1.54, 1.807) is 0 Å². The molecule has 0 radical (unpaired) electrons. The van der Waals surface area contributed by atoms with Crippen molar-refractivity contribution in [2.24, 2.45) is 0 Å². The number of benzene rings is 1. The molecule has 2 saturated heterocycles. The Morgan fingerprint density at radius 2 is 2.00 bits per heavy atom. The van der Waals surface area contributed by atoms with Crippen molar-refractivity contribution in [3.8, 4) is 6.07 Å². The second kappa shape index (κ2) is 6.39. The summed E-state index contributed by atoms with van der Waals surface area (Å²) >= 11 is 0. The quantitative estimate of drug-likeness (QED) is 0.845. The minimum Gasteiger partial charge on any atom is -0.298 e. The summed E-state index contributed by atoms with van der Waals surface area (Å²) in [5, 5.41) is 9.17. The highest BCUT2D eigenvalue weighted by molar-refractivity contribution is 5.20. The van der Waals surface area contributed by atoms with Gasteiger partial charge in [0, 0.05) is 31.7 Å². The van der Waals surface area contributed by atoms with Crippen LogP contribution in [0.2, 0.25) is 0 Å². The van der Waals surface area contributed by atoms with Crippen molar-refractivity contribution in [2.45, 2.75) is 37.8 Å². The summed E-state index contributed by atoms with van der Waals surface area (Å²) < 4.78 is 0. The maximum absolute atomic E-state index is 9.17. The molecule has 3 heteroatoms. The molecule has 3 nitrogen and oxygen atoms in total. The predicted octanol–water partition coefficient (Wildman–Crippen LogP) is 2.81. The Morgan fingerprint density at radius 3 is 2.80 bits per heavy atom. The van der Waals surface area contributed by atoms with E-state index in [1.807, 2.05) is 6.07 Å². The molecule has 0 aliphatic carbocycles. The molecule has 0 bridgehead atoms. The smallest absolute Gasteiger partial charge is 0.0641 e. The molecule has 2 aliphatic rings. The molecule has 0 saturated carbocycles. The number of piperidine rings is 1. The Labute approximate surface area is 121 Å². The molecular weight excluding hydrogens is 246 g/mol. The second-order valence-electron chi connectivity index (χ2n) is 5.97. The van der Waals surface area contributed by atoms with E-state index in [-0.39, 0.29) is 6.04 Å². The van der Waals surface area contributed by atoms with Crippen LogP contribution in [0.4, 0.5) is 0 Å². The van der Waals surface area contributed by atoms with Crippen molar-refractivity contribution < 1.29 is 0 Å². The average Bonchev–Trinajstić information content (AvgIpc) is 2.53. The molecule has 2 unspecified atom stereocenters. The van der Waals surface area contributed by atoms with Crippen molar-refractivity contribution >= 4 is 0 Å². The van der Waals surface area contributed by atoms with Gasteiger partial charge in [0.1, 0.15) is 0 Å². The summed E-state index contributed by atoms with van der Waals surface area (Å²) in [6, 6.07) is 13.9. The maximum atomic E-state index is 9.17. The Hall–Kier alpha value is -1.37. The van der Waals surface area contributed by atoms with E-state index in [2.05, 4.69) is 40.1 Å². The lowest BCUT2D eigenvalue weighted by Gasteiger charge is -2.46. The summed E-state index contributed by atoms with van der Waals surface area (Å²) in [4.78, 5) is 5.18. The van der Waals surface area contributed by atoms with Gasteiger partial charge in [-0.2, -0.15) is 5.26 Å². The number of hydrogen-bond acceptors (Lipinski definition) is 3. The van der Waals surface area contributed by atoms with E-state index in [0.717, 1.165) is 13.1 Å². The van der Waals surface area contributed by atoms with Crippen LogP contribution >= 0.6 is 0 Å². The van der Waals surface area contributed by atoms with E-state index in [1.165, 1.54) is 37.9 Å². The van der Waals surface area contributed by atoms with Gasteiger partial charge in [-0.25, -0.2) is 0 Å². The first-order chi connectivity index (χ1) is 9.88. The number of rotatable bonds is 3. The van der Waals surface area contributed by atoms with Crippen LogP contribution in [0.25, 0.3) is 0 Å². The molecule has 2 heterocycles. The third kappa shape index (κ3) is 2.87. The van der Waals surface area contributed by atoms with Crippen molar-refractivity contribution in [3.63, 3.8) is 0 Å². The fraction of sp³-hybridized carbons (Fsp3) is 0.588. The largest absolute Gasteiger partial charge is 0.298 e. The fourth-order valence-electron chi connectivity index (χ4n) is 3.68. The summed E-state index contributed by atoms with van der Waals surface area (Å²) in [5.41, 5.74) is 1.29. The molecule has 1 aromatic rings. The van der Waals surface area contributed by atoms with Gasteiger partial charge in [-0.15, -0.1) is 0 Å². The van der Waals surface area contributed by atoms with Gasteiger partial charge in [0.25, 0.3) is 0 Å². The third-order valence-corrected chi connectivity index (χ3v) is 4.78. The van der Waals surface area contributed by atoms with E-state index in [4.69, 9.17) is 0 Å². The van der Waals surface area contributed by atoms with Crippen molar-refractivity contribution in [1.29, 1.82) is 5.26 Å². The Balaban J connectivity index is 1.74. The Morgan fingerprint density at radius 1 is 1.15 bits per heavy atom. The Bertz CT molecular complexity index is 465. The summed E-state index contributed by atoms with van der Waals surface area (Å²) in [7, 11) is 0. The number of fused-ring (bicyclic) bond motifs is 1. The second-order valence-corrected chi connectivity index (χ2v) is 5.97. The predicted molar refractivity (Wildman–Crippen MR) is 80.2 cm³/mol. The van der Waals surface area contributed by atoms with Crippen LogP contribution in [0.15, 0.2) is 30.3 Å². The van der Waals surface area contributed by atoms with E-state index >= 15 is 0 Å². The molecule has 106 valence electrons. The monoisotopic (exact) mass is 269 g/mol. The van der Waals surface area contributed by atoms with Gasteiger partial charge in [0.05, 0.1) is 12.5 Å². The van der Waals surface area contributed by atoms with Crippen LogP contribution in [0.3, 0.4) is 0 Å². The molecule has 20 heavy (non-hydrogen) atoms. The normalized spacial score (nSPS) is 25.6. The number of nitriles is 1. The fourth-order valence-corrected chi connectivity index (χ4v) is 3.68. The zero-order valence-corrected chi connectivity index (χ0v) is 12.0. The standard InChI is InChI=1S/C17H23N3/c18-10-9-17(15-6-2-1-3-7-15)20-13-12-19-11-5-4-8-16(19)14-20/h1-3,6-7,16-17H,4-5,8-9,11-14H2. The van der Waals surface area contributed by atoms with Crippen LogP contribution in [0, 0.1) is 11.3 Å². The van der Waals surface area contributed by atoms with Crippen LogP contribution in [0.5, 0.6) is 0 Å². The van der Waals surface area contributed by atoms with Crippen molar-refractivity contribution in [1.82, 2.24) is 9.80 Å². The average molecular weight is 269 g/mol. The molecule has 0 spiro atoms. The van der Waals surface area contributed by atoms with Gasteiger partial charge in [0.15, 0.2) is 0 Å². The molecule has 0 N–H and O–H groups in total. The van der Waals surface area contributed by atoms with Gasteiger partial charge in [-0.05, 0) is 24.9 Å². The van der Waals surface area contributed by atoms with Gasteiger partial charge in [-0.1, -0.05) is 36.8 Å². The lowest BCUT2D eigenvalue weighted by atomic mass is 9.96. The van der Waals surface area contributed by atoms with Crippen LogP contribution in [-0.2, 0) is 0 Å². The summed E-state index contributed by atoms with van der Waals surface area (Å²) in [6.07, 6.45) is 4.64. The first-order valence-electron chi connectivity index (χ1n) is 7.78. The zero-order valence-electron chi connectivity index (χ0n) is 12.0. The lowest BCUT2D eigenvalue weighted by molar-refractivity contribution is 0.0277. The van der Waals surface area contributed by atoms with Crippen molar-refractivity contribution in [3.05, 3.63) is 35.9 Å². The Kier molecular flexibility index (Phi) is 4.34. The SMILES string of the molecule is N#CCC(c1ccccc1)N1CCN2CCCCC2C1. The molecule has 2 aliphatic heterocycles. The number of nitrogens with zero attached hydrogens (tertiary/aromatic N) is 3. The third-order valence-electron chi connectivity index (χ3n) is 4.78. The molecule has 2 atom stereocenters. The minimum atomic E-state index is 0.269. The highest BCUT2D eigenvalue weighted by Crippen LogP contribution is 2.29. The van der Waals surface area contributed by atoms with Crippen LogP contribution in [0.1, 0.15) is 37.3 Å². The van der Waals surface area contributed by atoms with E-state index < -0.39 is 0 Å². The molecule has 2 fully saturated rings. The molecule has 0 amide bonds. The highest BCUT2D eigenvalue weighted by Gasteiger charge is 2.32. The highest BCUT2D eigenvalue weighted by atomic mass is 15.3. The topological polar surface area (TPSA) is 30.3 Å². The van der Waals surface area contributed by atoms with Gasteiger partial charge in [-0.3, -0.25) is 9.80 Å².